The van der Waals surface area contributed by atoms with E-state index in [0.717, 1.165) is 25.0 Å². The summed E-state index contributed by atoms with van der Waals surface area (Å²) in [6.45, 7) is 12.7. The molecular weight excluding hydrogens is 547 g/mol. The smallest absolute Gasteiger partial charge is 0.463 e. The van der Waals surface area contributed by atoms with Gasteiger partial charge >= 0.3 is 13.1 Å². The number of ether oxygens (including phenoxy) is 1. The standard InChI is InChI=1S/C27H45BN6O8/c1-7-40-23(36)11-10-22(35)31-18(9-8-12-30-25(29)33-34(38)39)24(37)32-21(13-16(2)3)28-41-20-15-17-14-19(26(17,4)5)27(20,6)42-28/h10-11,16-21H,7-9,12-15H2,1-6H3,(H,31,35)(H,32,37)(H3,29,30,33)/t17-,18-,19-,20+,21-,27-/m0/s1. The van der Waals surface area contributed by atoms with Crippen molar-refractivity contribution in [1.82, 2.24) is 16.1 Å². The first-order valence-corrected chi connectivity index (χ1v) is 14.7. The third-order valence-corrected chi connectivity index (χ3v) is 8.78. The van der Waals surface area contributed by atoms with Gasteiger partial charge in [-0.15, -0.1) is 0 Å². The van der Waals surface area contributed by atoms with Crippen LogP contribution in [0.25, 0.3) is 0 Å². The van der Waals surface area contributed by atoms with Gasteiger partial charge in [-0.25, -0.2) is 19.9 Å². The maximum Gasteiger partial charge on any atom is 0.481 e. The van der Waals surface area contributed by atoms with Crippen LogP contribution in [-0.4, -0.2) is 72.7 Å². The maximum atomic E-state index is 13.6. The van der Waals surface area contributed by atoms with Crippen molar-refractivity contribution < 1.29 is 33.5 Å². The van der Waals surface area contributed by atoms with Crippen LogP contribution in [0.1, 0.15) is 73.6 Å². The number of nitrogens with two attached hydrogens (primary N) is 1. The minimum absolute atomic E-state index is 0.0505. The second-order valence-electron chi connectivity index (χ2n) is 12.5. The molecule has 4 fully saturated rings. The summed E-state index contributed by atoms with van der Waals surface area (Å²) in [6.07, 6.45) is 4.98. The molecule has 0 aromatic rings. The molecule has 6 atom stereocenters. The van der Waals surface area contributed by atoms with Gasteiger partial charge in [0.25, 0.3) is 5.96 Å². The van der Waals surface area contributed by atoms with Gasteiger partial charge in [-0.1, -0.05) is 33.1 Å². The number of rotatable bonds is 14. The lowest BCUT2D eigenvalue weighted by molar-refractivity contribution is -0.525. The van der Waals surface area contributed by atoms with E-state index in [4.69, 9.17) is 19.8 Å². The Morgan fingerprint density at radius 1 is 1.21 bits per heavy atom. The predicted octanol–water partition coefficient (Wildman–Crippen LogP) is 1.27. The number of nitrogens with one attached hydrogen (secondary N) is 3. The highest BCUT2D eigenvalue weighted by molar-refractivity contribution is 6.48. The zero-order valence-corrected chi connectivity index (χ0v) is 25.4. The predicted molar refractivity (Wildman–Crippen MR) is 155 cm³/mol. The number of hydrogen-bond donors (Lipinski definition) is 4. The van der Waals surface area contributed by atoms with Crippen LogP contribution in [-0.2, 0) is 28.4 Å². The number of aliphatic imine (C=N–C) groups is 1. The van der Waals surface area contributed by atoms with Crippen LogP contribution in [0.4, 0.5) is 0 Å². The fourth-order valence-corrected chi connectivity index (χ4v) is 6.55. The van der Waals surface area contributed by atoms with Gasteiger partial charge in [0.15, 0.2) is 5.03 Å². The van der Waals surface area contributed by atoms with Crippen molar-refractivity contribution in [2.75, 3.05) is 13.2 Å². The number of hydrazine groups is 1. The quantitative estimate of drug-likeness (QED) is 0.0333. The first kappa shape index (κ1) is 33.3. The van der Waals surface area contributed by atoms with Crippen LogP contribution >= 0.6 is 0 Å². The number of nitrogens with zero attached hydrogens (tertiary/aromatic N) is 2. The number of carbonyl (C=O) groups is 3. The largest absolute Gasteiger partial charge is 0.481 e. The monoisotopic (exact) mass is 592 g/mol. The topological polar surface area (TPSA) is 197 Å². The average molecular weight is 593 g/mol. The van der Waals surface area contributed by atoms with E-state index in [1.54, 1.807) is 12.3 Å². The minimum atomic E-state index is -0.995. The van der Waals surface area contributed by atoms with E-state index in [9.17, 15) is 24.5 Å². The Balaban J connectivity index is 1.71. The normalized spacial score (nSPS) is 27.5. The highest BCUT2D eigenvalue weighted by atomic mass is 16.7. The molecule has 1 saturated heterocycles. The lowest BCUT2D eigenvalue weighted by Gasteiger charge is -2.64. The molecule has 42 heavy (non-hydrogen) atoms. The molecule has 5 N–H and O–H groups in total. The van der Waals surface area contributed by atoms with Crippen LogP contribution in [0.2, 0.25) is 0 Å². The molecule has 0 unspecified atom stereocenters. The second kappa shape index (κ2) is 13.9. The van der Waals surface area contributed by atoms with Crippen molar-refractivity contribution in [3.8, 4) is 0 Å². The van der Waals surface area contributed by atoms with Crippen molar-refractivity contribution >= 4 is 30.9 Å². The van der Waals surface area contributed by atoms with Crippen molar-refractivity contribution in [2.45, 2.75) is 97.3 Å². The molecule has 15 heteroatoms. The molecule has 0 aromatic heterocycles. The molecule has 2 amide bonds. The molecule has 234 valence electrons. The second-order valence-corrected chi connectivity index (χ2v) is 12.5. The highest BCUT2D eigenvalue weighted by Crippen LogP contribution is 2.65. The molecular formula is C27H45BN6O8. The molecule has 1 heterocycles. The number of guanidine groups is 1. The average Bonchev–Trinajstić information content (AvgIpc) is 3.25. The van der Waals surface area contributed by atoms with E-state index in [1.165, 1.54) is 0 Å². The van der Waals surface area contributed by atoms with E-state index in [-0.39, 0.29) is 49.4 Å². The Kier molecular flexibility index (Phi) is 11.0. The van der Waals surface area contributed by atoms with Gasteiger partial charge in [0.2, 0.25) is 11.8 Å². The Bertz CT molecular complexity index is 1080. The fraction of sp³-hybridized carbons (Fsp3) is 0.778. The molecule has 0 aromatic carbocycles. The van der Waals surface area contributed by atoms with E-state index in [1.807, 2.05) is 13.8 Å². The molecule has 3 aliphatic carbocycles. The summed E-state index contributed by atoms with van der Waals surface area (Å²) in [7, 11) is -0.640. The van der Waals surface area contributed by atoms with Gasteiger partial charge in [0.05, 0.1) is 24.3 Å². The van der Waals surface area contributed by atoms with Gasteiger partial charge in [-0.05, 0) is 69.1 Å². The van der Waals surface area contributed by atoms with E-state index < -0.39 is 47.5 Å². The summed E-state index contributed by atoms with van der Waals surface area (Å²) in [4.78, 5) is 52.2. The van der Waals surface area contributed by atoms with Gasteiger partial charge in [-0.3, -0.25) is 9.59 Å². The maximum absolute atomic E-state index is 13.6. The summed E-state index contributed by atoms with van der Waals surface area (Å²) in [5, 5.41) is 15.4. The summed E-state index contributed by atoms with van der Waals surface area (Å²) in [5.74, 6) is -1.45. The Labute approximate surface area is 247 Å². The van der Waals surface area contributed by atoms with Gasteiger partial charge in [-0.2, -0.15) is 0 Å². The Morgan fingerprint density at radius 3 is 2.55 bits per heavy atom. The lowest BCUT2D eigenvalue weighted by Crippen LogP contribution is -2.65. The molecule has 14 nitrogen and oxygen atoms in total. The van der Waals surface area contributed by atoms with Crippen molar-refractivity contribution in [3.05, 3.63) is 22.3 Å². The van der Waals surface area contributed by atoms with Crippen LogP contribution in [0.3, 0.4) is 0 Å². The lowest BCUT2D eigenvalue weighted by atomic mass is 9.43. The van der Waals surface area contributed by atoms with Gasteiger partial charge < -0.3 is 30.4 Å². The van der Waals surface area contributed by atoms with Crippen molar-refractivity contribution in [1.29, 1.82) is 0 Å². The third kappa shape index (κ3) is 8.00. The molecule has 3 saturated carbocycles. The van der Waals surface area contributed by atoms with E-state index in [2.05, 4.69) is 36.4 Å². The molecule has 1 aliphatic heterocycles. The first-order chi connectivity index (χ1) is 19.7. The zero-order chi connectivity index (χ0) is 31.2. The van der Waals surface area contributed by atoms with E-state index >= 15 is 0 Å². The van der Waals surface area contributed by atoms with Crippen LogP contribution in [0.5, 0.6) is 0 Å². The number of esters is 1. The number of carbonyl (C=O) groups excluding carboxylic acids is 3. The molecule has 0 spiro atoms. The van der Waals surface area contributed by atoms with Gasteiger partial charge in [0.1, 0.15) is 6.04 Å². The molecule has 2 bridgehead atoms. The number of amides is 2. The van der Waals surface area contributed by atoms with Crippen LogP contribution in [0, 0.1) is 33.3 Å². The highest BCUT2D eigenvalue weighted by Gasteiger charge is 2.68. The van der Waals surface area contributed by atoms with E-state index in [0.29, 0.717) is 18.3 Å². The summed E-state index contributed by atoms with van der Waals surface area (Å²) >= 11 is 0. The summed E-state index contributed by atoms with van der Waals surface area (Å²) in [6, 6.07) is -0.995. The van der Waals surface area contributed by atoms with Crippen molar-refractivity contribution in [2.24, 2.45) is 33.9 Å². The summed E-state index contributed by atoms with van der Waals surface area (Å²) < 4.78 is 17.9. The Hall–Kier alpha value is -3.20. The zero-order valence-electron chi connectivity index (χ0n) is 25.4. The molecule has 0 radical (unpaired) electrons. The minimum Gasteiger partial charge on any atom is -0.463 e. The summed E-state index contributed by atoms with van der Waals surface area (Å²) in [5.41, 5.74) is 6.95. The Morgan fingerprint density at radius 2 is 1.93 bits per heavy atom. The number of nitro groups is 1. The molecule has 4 aliphatic rings. The fourth-order valence-electron chi connectivity index (χ4n) is 6.55. The van der Waals surface area contributed by atoms with Crippen LogP contribution < -0.4 is 21.8 Å². The van der Waals surface area contributed by atoms with Gasteiger partial charge in [0, 0.05) is 18.7 Å². The van der Waals surface area contributed by atoms with Crippen LogP contribution in [0.15, 0.2) is 17.1 Å². The van der Waals surface area contributed by atoms with Crippen molar-refractivity contribution in [3.63, 3.8) is 0 Å². The first-order valence-electron chi connectivity index (χ1n) is 14.7. The number of hydrogen-bond acceptors (Lipinski definition) is 9. The SMILES string of the molecule is CCOC(=O)C=CC(=O)N[C@@H](CCCN=C(N)N[N+](=O)[O-])C(=O)N[C@@H](CC(C)C)B1O[C@@H]2C[C@@H]3C[C@@H](C3(C)C)[C@]2(C)O1. The third-order valence-electron chi connectivity index (χ3n) is 8.78. The molecule has 4 rings (SSSR count).